The van der Waals surface area contributed by atoms with Crippen LogP contribution in [0.15, 0.2) is 18.2 Å². The van der Waals surface area contributed by atoms with Crippen molar-refractivity contribution in [3.8, 4) is 5.75 Å². The van der Waals surface area contributed by atoms with E-state index in [2.05, 4.69) is 4.84 Å². The molecule has 0 saturated heterocycles. The van der Waals surface area contributed by atoms with Crippen molar-refractivity contribution in [1.29, 1.82) is 0 Å². The molecule has 0 saturated carbocycles. The number of aliphatic hydroxyl groups is 1. The van der Waals surface area contributed by atoms with Gasteiger partial charge in [-0.05, 0) is 12.1 Å². The molecule has 92 valence electrons. The lowest BCUT2D eigenvalue weighted by molar-refractivity contribution is 0.0116. The molecule has 3 N–H and O–H groups in total. The minimum absolute atomic E-state index is 0. The van der Waals surface area contributed by atoms with Crippen LogP contribution in [0.5, 0.6) is 5.75 Å². The number of nitrogens with two attached hydrogens (primary N) is 1. The van der Waals surface area contributed by atoms with Gasteiger partial charge in [0.1, 0.15) is 18.5 Å². The summed E-state index contributed by atoms with van der Waals surface area (Å²) in [6, 6.07) is 4.84. The molecule has 1 aromatic carbocycles. The molecule has 0 aliphatic heterocycles. The lowest BCUT2D eigenvalue weighted by atomic mass is 10.3. The van der Waals surface area contributed by atoms with Crippen molar-refractivity contribution in [2.45, 2.75) is 6.10 Å². The third-order valence-electron chi connectivity index (χ3n) is 1.62. The van der Waals surface area contributed by atoms with Crippen molar-refractivity contribution in [3.63, 3.8) is 0 Å². The zero-order valence-electron chi connectivity index (χ0n) is 8.23. The summed E-state index contributed by atoms with van der Waals surface area (Å²) in [7, 11) is 0. The SMILES string of the molecule is Cl.NOCC(O)COc1ccc(Cl)c(Cl)c1. The van der Waals surface area contributed by atoms with E-state index < -0.39 is 6.10 Å². The summed E-state index contributed by atoms with van der Waals surface area (Å²) in [4.78, 5) is 4.26. The van der Waals surface area contributed by atoms with E-state index in [0.29, 0.717) is 15.8 Å². The van der Waals surface area contributed by atoms with Crippen molar-refractivity contribution in [2.75, 3.05) is 13.2 Å². The summed E-state index contributed by atoms with van der Waals surface area (Å²) in [6.45, 7) is 0.0937. The summed E-state index contributed by atoms with van der Waals surface area (Å²) < 4.78 is 5.23. The summed E-state index contributed by atoms with van der Waals surface area (Å²) >= 11 is 11.5. The molecule has 1 rings (SSSR count). The van der Waals surface area contributed by atoms with Gasteiger partial charge in [-0.3, -0.25) is 0 Å². The molecule has 0 heterocycles. The number of hydrogen-bond acceptors (Lipinski definition) is 4. The normalized spacial score (nSPS) is 11.8. The van der Waals surface area contributed by atoms with Crippen LogP contribution in [-0.2, 0) is 4.84 Å². The first kappa shape index (κ1) is 15.8. The van der Waals surface area contributed by atoms with Gasteiger partial charge in [0.05, 0.1) is 16.7 Å². The molecule has 0 aliphatic rings. The second-order valence-corrected chi connectivity index (χ2v) is 3.69. The Morgan fingerprint density at radius 2 is 1.94 bits per heavy atom. The van der Waals surface area contributed by atoms with E-state index >= 15 is 0 Å². The fraction of sp³-hybridized carbons (Fsp3) is 0.333. The van der Waals surface area contributed by atoms with Gasteiger partial charge >= 0.3 is 0 Å². The average molecular weight is 289 g/mol. The number of halogens is 3. The molecular formula is C9H12Cl3NO3. The standard InChI is InChI=1S/C9H11Cl2NO3.ClH/c10-8-2-1-7(3-9(8)11)14-4-6(13)5-15-12;/h1-3,6,13H,4-5,12H2;1H. The predicted molar refractivity (Wildman–Crippen MR) is 65.4 cm³/mol. The smallest absolute Gasteiger partial charge is 0.121 e. The van der Waals surface area contributed by atoms with Gasteiger partial charge in [-0.1, -0.05) is 23.2 Å². The Balaban J connectivity index is 0.00000225. The molecule has 1 aromatic rings. The third kappa shape index (κ3) is 5.21. The quantitative estimate of drug-likeness (QED) is 0.814. The molecular weight excluding hydrogens is 276 g/mol. The average Bonchev–Trinajstić information content (AvgIpc) is 2.20. The van der Waals surface area contributed by atoms with Crippen molar-refractivity contribution in [1.82, 2.24) is 0 Å². The van der Waals surface area contributed by atoms with Crippen LogP contribution in [0.1, 0.15) is 0 Å². The Morgan fingerprint density at radius 1 is 1.25 bits per heavy atom. The van der Waals surface area contributed by atoms with Gasteiger partial charge in [0.2, 0.25) is 0 Å². The Morgan fingerprint density at radius 3 is 2.50 bits per heavy atom. The number of ether oxygens (including phenoxy) is 1. The summed E-state index contributed by atoms with van der Waals surface area (Å²) in [6.07, 6.45) is -0.774. The van der Waals surface area contributed by atoms with E-state index in [-0.39, 0.29) is 25.6 Å². The van der Waals surface area contributed by atoms with Gasteiger partial charge in [0.25, 0.3) is 0 Å². The molecule has 4 nitrogen and oxygen atoms in total. The predicted octanol–water partition coefficient (Wildman–Crippen LogP) is 2.05. The lowest BCUT2D eigenvalue weighted by Gasteiger charge is -2.11. The van der Waals surface area contributed by atoms with Gasteiger partial charge < -0.3 is 14.7 Å². The summed E-state index contributed by atoms with van der Waals surface area (Å²) in [5.41, 5.74) is 0. The fourth-order valence-electron chi connectivity index (χ4n) is 0.918. The molecule has 0 fully saturated rings. The van der Waals surface area contributed by atoms with Gasteiger partial charge in [0.15, 0.2) is 0 Å². The molecule has 1 unspecified atom stereocenters. The van der Waals surface area contributed by atoms with Gasteiger partial charge in [-0.15, -0.1) is 12.4 Å². The minimum atomic E-state index is -0.774. The Labute approximate surface area is 110 Å². The molecule has 0 spiro atoms. The van der Waals surface area contributed by atoms with Crippen LogP contribution in [0.3, 0.4) is 0 Å². The first-order valence-electron chi connectivity index (χ1n) is 4.21. The molecule has 0 amide bonds. The first-order valence-corrected chi connectivity index (χ1v) is 4.96. The van der Waals surface area contributed by atoms with Crippen molar-refractivity contribution in [2.24, 2.45) is 5.90 Å². The highest BCUT2D eigenvalue weighted by atomic mass is 35.5. The largest absolute Gasteiger partial charge is 0.491 e. The van der Waals surface area contributed by atoms with Crippen molar-refractivity contribution < 1.29 is 14.7 Å². The van der Waals surface area contributed by atoms with E-state index in [1.54, 1.807) is 18.2 Å². The van der Waals surface area contributed by atoms with Crippen LogP contribution in [0.2, 0.25) is 10.0 Å². The van der Waals surface area contributed by atoms with Gasteiger partial charge in [-0.2, -0.15) is 0 Å². The Hall–Kier alpha value is -0.230. The third-order valence-corrected chi connectivity index (χ3v) is 2.36. The molecule has 0 radical (unpaired) electrons. The monoisotopic (exact) mass is 287 g/mol. The van der Waals surface area contributed by atoms with Crippen molar-refractivity contribution >= 4 is 35.6 Å². The van der Waals surface area contributed by atoms with E-state index in [0.717, 1.165) is 0 Å². The second kappa shape index (κ2) is 7.95. The van der Waals surface area contributed by atoms with Crippen LogP contribution >= 0.6 is 35.6 Å². The maximum atomic E-state index is 9.25. The topological polar surface area (TPSA) is 64.7 Å². The van der Waals surface area contributed by atoms with E-state index in [1.165, 1.54) is 0 Å². The molecule has 1 atom stereocenters. The van der Waals surface area contributed by atoms with Gasteiger partial charge in [0, 0.05) is 6.07 Å². The molecule has 0 aromatic heterocycles. The van der Waals surface area contributed by atoms with Crippen LogP contribution < -0.4 is 10.6 Å². The van der Waals surface area contributed by atoms with Crippen molar-refractivity contribution in [3.05, 3.63) is 28.2 Å². The highest BCUT2D eigenvalue weighted by molar-refractivity contribution is 6.42. The molecule has 0 aliphatic carbocycles. The van der Waals surface area contributed by atoms with Crippen LogP contribution in [0.25, 0.3) is 0 Å². The number of benzene rings is 1. The minimum Gasteiger partial charge on any atom is -0.491 e. The first-order chi connectivity index (χ1) is 7.13. The van der Waals surface area contributed by atoms with Crippen LogP contribution in [-0.4, -0.2) is 24.4 Å². The number of hydrogen-bond donors (Lipinski definition) is 2. The Bertz CT molecular complexity index is 325. The maximum Gasteiger partial charge on any atom is 0.121 e. The van der Waals surface area contributed by atoms with E-state index in [1.807, 2.05) is 0 Å². The molecule has 7 heteroatoms. The second-order valence-electron chi connectivity index (χ2n) is 2.87. The highest BCUT2D eigenvalue weighted by Gasteiger charge is 2.06. The van der Waals surface area contributed by atoms with E-state index in [9.17, 15) is 5.11 Å². The summed E-state index contributed by atoms with van der Waals surface area (Å²) in [5.74, 6) is 5.32. The number of aliphatic hydroxyl groups excluding tert-OH is 1. The zero-order valence-corrected chi connectivity index (χ0v) is 10.6. The maximum absolute atomic E-state index is 9.25. The lowest BCUT2D eigenvalue weighted by Crippen LogP contribution is -2.25. The van der Waals surface area contributed by atoms with E-state index in [4.69, 9.17) is 33.8 Å². The zero-order chi connectivity index (χ0) is 11.3. The Kier molecular flexibility index (Phi) is 7.83. The van der Waals surface area contributed by atoms with Gasteiger partial charge in [-0.25, -0.2) is 5.90 Å². The molecule has 0 bridgehead atoms. The summed E-state index contributed by atoms with van der Waals surface area (Å²) in [5, 5.41) is 10.1. The molecule has 16 heavy (non-hydrogen) atoms. The highest BCUT2D eigenvalue weighted by Crippen LogP contribution is 2.26. The fourth-order valence-corrected chi connectivity index (χ4v) is 1.21. The van der Waals surface area contributed by atoms with Crippen LogP contribution in [0.4, 0.5) is 0 Å². The van der Waals surface area contributed by atoms with Crippen LogP contribution in [0, 0.1) is 0 Å². The number of rotatable bonds is 5.